The zero-order valence-corrected chi connectivity index (χ0v) is 11.3. The highest BCUT2D eigenvalue weighted by molar-refractivity contribution is 9.10. The minimum absolute atomic E-state index is 0.322. The van der Waals surface area contributed by atoms with Gasteiger partial charge in [0.25, 0.3) is 0 Å². The number of aliphatic hydroxyl groups excluding tert-OH is 1. The molecule has 2 atom stereocenters. The van der Waals surface area contributed by atoms with Gasteiger partial charge in [-0.15, -0.1) is 0 Å². The van der Waals surface area contributed by atoms with E-state index in [2.05, 4.69) is 26.0 Å². The van der Waals surface area contributed by atoms with Crippen LogP contribution < -0.4 is 5.32 Å². The van der Waals surface area contributed by atoms with Gasteiger partial charge in [-0.05, 0) is 22.4 Å². The Morgan fingerprint density at radius 1 is 1.69 bits per heavy atom. The van der Waals surface area contributed by atoms with Crippen molar-refractivity contribution in [3.05, 3.63) is 22.4 Å². The van der Waals surface area contributed by atoms with E-state index in [1.807, 2.05) is 16.8 Å². The van der Waals surface area contributed by atoms with Gasteiger partial charge in [-0.2, -0.15) is 11.3 Å². The van der Waals surface area contributed by atoms with Crippen LogP contribution in [0.3, 0.4) is 0 Å². The number of rotatable bonds is 6. The van der Waals surface area contributed by atoms with E-state index in [9.17, 15) is 9.90 Å². The molecule has 1 aromatic rings. The molecule has 0 bridgehead atoms. The van der Waals surface area contributed by atoms with E-state index in [0.717, 1.165) is 5.56 Å². The number of thiophene rings is 1. The highest BCUT2D eigenvalue weighted by atomic mass is 79.9. The summed E-state index contributed by atoms with van der Waals surface area (Å²) in [6.07, 6.45) is -0.538. The first kappa shape index (κ1) is 13.6. The third-order valence-corrected chi connectivity index (χ3v) is 3.45. The largest absolute Gasteiger partial charge is 0.468 e. The summed E-state index contributed by atoms with van der Waals surface area (Å²) in [5, 5.41) is 16.5. The van der Waals surface area contributed by atoms with Gasteiger partial charge in [-0.1, -0.05) is 15.9 Å². The molecular weight excluding hydrogens is 294 g/mol. The van der Waals surface area contributed by atoms with Crippen molar-refractivity contribution in [2.75, 3.05) is 20.2 Å². The van der Waals surface area contributed by atoms with E-state index in [-0.39, 0.29) is 10.8 Å². The van der Waals surface area contributed by atoms with E-state index < -0.39 is 6.10 Å². The van der Waals surface area contributed by atoms with E-state index in [1.165, 1.54) is 7.11 Å². The molecule has 1 rings (SSSR count). The summed E-state index contributed by atoms with van der Waals surface area (Å²) in [6.45, 7) is 0.837. The van der Waals surface area contributed by atoms with Crippen molar-refractivity contribution >= 4 is 33.2 Å². The predicted molar refractivity (Wildman–Crippen MR) is 66.9 cm³/mol. The summed E-state index contributed by atoms with van der Waals surface area (Å²) >= 11 is 4.73. The SMILES string of the molecule is COC(=O)C(Br)CNCC(O)c1ccsc1. The van der Waals surface area contributed by atoms with Gasteiger partial charge in [0.1, 0.15) is 4.83 Å². The average molecular weight is 308 g/mol. The standard InChI is InChI=1S/C10H14BrNO3S/c1-15-10(14)8(11)4-12-5-9(13)7-2-3-16-6-7/h2-3,6,8-9,12-13H,4-5H2,1H3. The first-order chi connectivity index (χ1) is 7.65. The van der Waals surface area contributed by atoms with Gasteiger partial charge >= 0.3 is 5.97 Å². The number of hydrogen-bond donors (Lipinski definition) is 2. The van der Waals surface area contributed by atoms with Crippen molar-refractivity contribution in [3.8, 4) is 0 Å². The lowest BCUT2D eigenvalue weighted by Gasteiger charge is -2.12. The van der Waals surface area contributed by atoms with Gasteiger partial charge in [0.05, 0.1) is 13.2 Å². The Morgan fingerprint density at radius 2 is 2.44 bits per heavy atom. The molecule has 90 valence electrons. The second-order valence-corrected chi connectivity index (χ2v) is 5.11. The number of aliphatic hydroxyl groups is 1. The van der Waals surface area contributed by atoms with Crippen LogP contribution in [-0.2, 0) is 9.53 Å². The van der Waals surface area contributed by atoms with Crippen molar-refractivity contribution in [1.29, 1.82) is 0 Å². The molecule has 0 spiro atoms. The monoisotopic (exact) mass is 307 g/mol. The number of esters is 1. The van der Waals surface area contributed by atoms with Gasteiger partial charge in [0, 0.05) is 13.1 Å². The van der Waals surface area contributed by atoms with Crippen LogP contribution in [0.1, 0.15) is 11.7 Å². The van der Waals surface area contributed by atoms with Gasteiger partial charge in [-0.25, -0.2) is 0 Å². The van der Waals surface area contributed by atoms with Crippen LogP contribution in [0.15, 0.2) is 16.8 Å². The van der Waals surface area contributed by atoms with Gasteiger partial charge in [0.15, 0.2) is 0 Å². The lowest BCUT2D eigenvalue weighted by atomic mass is 10.2. The van der Waals surface area contributed by atoms with E-state index >= 15 is 0 Å². The molecule has 2 N–H and O–H groups in total. The van der Waals surface area contributed by atoms with E-state index in [0.29, 0.717) is 13.1 Å². The Bertz CT molecular complexity index is 318. The molecular formula is C10H14BrNO3S. The van der Waals surface area contributed by atoms with Crippen molar-refractivity contribution in [2.45, 2.75) is 10.9 Å². The minimum Gasteiger partial charge on any atom is -0.468 e. The molecule has 0 saturated carbocycles. The third kappa shape index (κ3) is 4.21. The molecule has 2 unspecified atom stereocenters. The number of alkyl halides is 1. The molecule has 16 heavy (non-hydrogen) atoms. The number of ether oxygens (including phenoxy) is 1. The Balaban J connectivity index is 2.23. The van der Waals surface area contributed by atoms with E-state index in [4.69, 9.17) is 0 Å². The number of methoxy groups -OCH3 is 1. The normalized spacial score (nSPS) is 14.4. The van der Waals surface area contributed by atoms with Crippen molar-refractivity contribution in [3.63, 3.8) is 0 Å². The Labute approximate surface area is 107 Å². The second kappa shape index (κ2) is 7.01. The number of nitrogens with one attached hydrogen (secondary N) is 1. The van der Waals surface area contributed by atoms with Gasteiger partial charge in [-0.3, -0.25) is 4.79 Å². The molecule has 0 amide bonds. The summed E-state index contributed by atoms with van der Waals surface area (Å²) in [5.74, 6) is -0.322. The molecule has 0 aliphatic heterocycles. The lowest BCUT2D eigenvalue weighted by molar-refractivity contribution is -0.139. The van der Waals surface area contributed by atoms with E-state index in [1.54, 1.807) is 11.3 Å². The summed E-state index contributed by atoms with van der Waals surface area (Å²) in [4.78, 5) is 10.7. The van der Waals surface area contributed by atoms with Crippen LogP contribution in [0, 0.1) is 0 Å². The fraction of sp³-hybridized carbons (Fsp3) is 0.500. The Kier molecular flexibility index (Phi) is 5.97. The first-order valence-corrected chi connectivity index (χ1v) is 6.63. The second-order valence-electron chi connectivity index (χ2n) is 3.22. The van der Waals surface area contributed by atoms with Crippen LogP contribution in [0.4, 0.5) is 0 Å². The number of halogens is 1. The summed E-state index contributed by atoms with van der Waals surface area (Å²) in [7, 11) is 1.34. The molecule has 1 heterocycles. The Hall–Kier alpha value is -0.430. The van der Waals surface area contributed by atoms with Crippen LogP contribution in [-0.4, -0.2) is 36.1 Å². The smallest absolute Gasteiger partial charge is 0.320 e. The first-order valence-electron chi connectivity index (χ1n) is 4.78. The third-order valence-electron chi connectivity index (χ3n) is 2.05. The molecule has 4 nitrogen and oxygen atoms in total. The summed E-state index contributed by atoms with van der Waals surface area (Å²) < 4.78 is 4.56. The van der Waals surface area contributed by atoms with Gasteiger partial charge < -0.3 is 15.2 Å². The quantitative estimate of drug-likeness (QED) is 0.614. The molecule has 0 radical (unpaired) electrons. The summed E-state index contributed by atoms with van der Waals surface area (Å²) in [5.41, 5.74) is 0.890. The fourth-order valence-corrected chi connectivity index (χ4v) is 2.26. The highest BCUT2D eigenvalue weighted by Gasteiger charge is 2.15. The Morgan fingerprint density at radius 3 is 3.00 bits per heavy atom. The predicted octanol–water partition coefficient (Wildman–Crippen LogP) is 1.31. The highest BCUT2D eigenvalue weighted by Crippen LogP contribution is 2.15. The van der Waals surface area contributed by atoms with Crippen molar-refractivity contribution in [2.24, 2.45) is 0 Å². The molecule has 0 saturated heterocycles. The lowest BCUT2D eigenvalue weighted by Crippen LogP contribution is -2.32. The van der Waals surface area contributed by atoms with Crippen LogP contribution >= 0.6 is 27.3 Å². The topological polar surface area (TPSA) is 58.6 Å². The molecule has 0 aromatic carbocycles. The molecule has 1 aromatic heterocycles. The number of carbonyl (C=O) groups is 1. The average Bonchev–Trinajstić information content (AvgIpc) is 2.81. The van der Waals surface area contributed by atoms with Crippen LogP contribution in [0.25, 0.3) is 0 Å². The number of hydrogen-bond acceptors (Lipinski definition) is 5. The zero-order chi connectivity index (χ0) is 12.0. The molecule has 0 aliphatic carbocycles. The number of carbonyl (C=O) groups excluding carboxylic acids is 1. The van der Waals surface area contributed by atoms with Crippen LogP contribution in [0.2, 0.25) is 0 Å². The zero-order valence-electron chi connectivity index (χ0n) is 8.85. The molecule has 6 heteroatoms. The maximum Gasteiger partial charge on any atom is 0.320 e. The van der Waals surface area contributed by atoms with Gasteiger partial charge in [0.2, 0.25) is 0 Å². The fourth-order valence-electron chi connectivity index (χ4n) is 1.14. The maximum absolute atomic E-state index is 11.0. The van der Waals surface area contributed by atoms with Crippen LogP contribution in [0.5, 0.6) is 0 Å². The molecule has 0 fully saturated rings. The molecule has 0 aliphatic rings. The van der Waals surface area contributed by atoms with Crippen molar-refractivity contribution < 1.29 is 14.6 Å². The minimum atomic E-state index is -0.538. The van der Waals surface area contributed by atoms with Crippen molar-refractivity contribution in [1.82, 2.24) is 5.32 Å². The maximum atomic E-state index is 11.0. The summed E-state index contributed by atoms with van der Waals surface area (Å²) in [6, 6.07) is 1.88.